The molecule has 0 fully saturated rings. The molecule has 0 saturated heterocycles. The van der Waals surface area contributed by atoms with Crippen molar-refractivity contribution >= 4 is 17.3 Å². The van der Waals surface area contributed by atoms with Gasteiger partial charge in [-0.3, -0.25) is 0 Å². The Bertz CT molecular complexity index is 661. The largest absolute Gasteiger partial charge is 0.454 e. The number of anilines is 1. The molecule has 1 atom stereocenters. The Morgan fingerprint density at radius 2 is 2.14 bits per heavy atom. The van der Waals surface area contributed by atoms with Crippen LogP contribution in [-0.2, 0) is 0 Å². The first-order valence-corrected chi connectivity index (χ1v) is 7.17. The number of halogens is 1. The van der Waals surface area contributed by atoms with Crippen LogP contribution in [0.15, 0.2) is 36.4 Å². The van der Waals surface area contributed by atoms with Gasteiger partial charge in [-0.15, -0.1) is 0 Å². The quantitative estimate of drug-likeness (QED) is 0.908. The number of rotatable bonds is 4. The lowest BCUT2D eigenvalue weighted by atomic mass is 10.1. The van der Waals surface area contributed by atoms with Gasteiger partial charge in [0.1, 0.15) is 0 Å². The fourth-order valence-corrected chi connectivity index (χ4v) is 2.68. The Balaban J connectivity index is 1.88. The van der Waals surface area contributed by atoms with Crippen molar-refractivity contribution in [2.45, 2.75) is 13.0 Å². The Morgan fingerprint density at radius 1 is 1.29 bits per heavy atom. The average molecular weight is 305 g/mol. The molecule has 21 heavy (non-hydrogen) atoms. The van der Waals surface area contributed by atoms with Crippen molar-refractivity contribution < 1.29 is 9.47 Å². The van der Waals surface area contributed by atoms with Gasteiger partial charge in [-0.25, -0.2) is 0 Å². The average Bonchev–Trinajstić information content (AvgIpc) is 2.93. The summed E-state index contributed by atoms with van der Waals surface area (Å²) in [4.78, 5) is 0. The maximum Gasteiger partial charge on any atom is 0.231 e. The third kappa shape index (κ3) is 2.91. The molecule has 1 aliphatic heterocycles. The van der Waals surface area contributed by atoms with Gasteiger partial charge in [-0.2, -0.15) is 0 Å². The summed E-state index contributed by atoms with van der Waals surface area (Å²) in [6.45, 7) is 2.71. The van der Waals surface area contributed by atoms with Crippen molar-refractivity contribution in [1.29, 1.82) is 0 Å². The van der Waals surface area contributed by atoms with Gasteiger partial charge in [-0.1, -0.05) is 23.7 Å². The zero-order valence-electron chi connectivity index (χ0n) is 11.7. The van der Waals surface area contributed by atoms with Crippen LogP contribution in [0.25, 0.3) is 0 Å². The summed E-state index contributed by atoms with van der Waals surface area (Å²) >= 11 is 6.23. The molecular formula is C16H17ClN2O2. The number of aryl methyl sites for hydroxylation is 1. The van der Waals surface area contributed by atoms with Crippen LogP contribution in [0.5, 0.6) is 11.5 Å². The van der Waals surface area contributed by atoms with Crippen LogP contribution in [0.4, 0.5) is 5.69 Å². The standard InChI is InChI=1S/C16H17ClN2O2/c1-10-3-2-4-12(5-10)19-14(8-18)11-6-13(17)16-15(7-11)20-9-21-16/h2-7,14,19H,8-9,18H2,1H3. The number of nitrogens with two attached hydrogens (primary N) is 1. The molecule has 1 heterocycles. The maximum atomic E-state index is 6.23. The van der Waals surface area contributed by atoms with Crippen LogP contribution in [0.1, 0.15) is 17.2 Å². The first kappa shape index (κ1) is 14.0. The van der Waals surface area contributed by atoms with E-state index in [1.54, 1.807) is 0 Å². The van der Waals surface area contributed by atoms with E-state index in [1.165, 1.54) is 5.56 Å². The third-order valence-electron chi connectivity index (χ3n) is 3.45. The van der Waals surface area contributed by atoms with Crippen LogP contribution in [0.3, 0.4) is 0 Å². The van der Waals surface area contributed by atoms with E-state index in [1.807, 2.05) is 24.3 Å². The van der Waals surface area contributed by atoms with Gasteiger partial charge in [0.05, 0.1) is 11.1 Å². The van der Waals surface area contributed by atoms with E-state index in [-0.39, 0.29) is 12.8 Å². The summed E-state index contributed by atoms with van der Waals surface area (Å²) in [5, 5.41) is 3.97. The van der Waals surface area contributed by atoms with Gasteiger partial charge in [0.2, 0.25) is 6.79 Å². The SMILES string of the molecule is Cc1cccc(NC(CN)c2cc(Cl)c3c(c2)OCO3)c1. The molecule has 110 valence electrons. The van der Waals surface area contributed by atoms with Crippen LogP contribution in [0.2, 0.25) is 5.02 Å². The van der Waals surface area contributed by atoms with Gasteiger partial charge < -0.3 is 20.5 Å². The molecule has 2 aromatic carbocycles. The molecule has 0 radical (unpaired) electrons. The second kappa shape index (κ2) is 5.84. The van der Waals surface area contributed by atoms with E-state index in [4.69, 9.17) is 26.8 Å². The van der Waals surface area contributed by atoms with E-state index >= 15 is 0 Å². The molecule has 0 aliphatic carbocycles. The van der Waals surface area contributed by atoms with E-state index in [9.17, 15) is 0 Å². The molecule has 3 rings (SSSR count). The molecule has 0 bridgehead atoms. The van der Waals surface area contributed by atoms with Crippen LogP contribution >= 0.6 is 11.6 Å². The minimum atomic E-state index is -0.0428. The lowest BCUT2D eigenvalue weighted by Gasteiger charge is -2.19. The molecule has 4 nitrogen and oxygen atoms in total. The second-order valence-corrected chi connectivity index (χ2v) is 5.45. The molecule has 5 heteroatoms. The van der Waals surface area contributed by atoms with Crippen molar-refractivity contribution in [1.82, 2.24) is 0 Å². The number of hydrogen-bond acceptors (Lipinski definition) is 4. The Labute approximate surface area is 128 Å². The number of fused-ring (bicyclic) bond motifs is 1. The smallest absolute Gasteiger partial charge is 0.231 e. The molecule has 3 N–H and O–H groups in total. The first-order valence-electron chi connectivity index (χ1n) is 6.79. The van der Waals surface area contributed by atoms with E-state index in [0.717, 1.165) is 11.3 Å². The summed E-state index contributed by atoms with van der Waals surface area (Å²) in [5.41, 5.74) is 9.11. The highest BCUT2D eigenvalue weighted by Crippen LogP contribution is 2.41. The zero-order chi connectivity index (χ0) is 14.8. The van der Waals surface area contributed by atoms with Crippen LogP contribution in [-0.4, -0.2) is 13.3 Å². The lowest BCUT2D eigenvalue weighted by molar-refractivity contribution is 0.174. The van der Waals surface area contributed by atoms with E-state index < -0.39 is 0 Å². The predicted molar refractivity (Wildman–Crippen MR) is 84.2 cm³/mol. The normalized spacial score (nSPS) is 14.0. The summed E-state index contributed by atoms with van der Waals surface area (Å²) in [6, 6.07) is 11.9. The minimum absolute atomic E-state index is 0.0428. The monoisotopic (exact) mass is 304 g/mol. The van der Waals surface area contributed by atoms with Crippen molar-refractivity contribution in [2.24, 2.45) is 5.73 Å². The molecule has 1 aliphatic rings. The molecule has 0 aromatic heterocycles. The molecule has 0 spiro atoms. The fraction of sp³-hybridized carbons (Fsp3) is 0.250. The highest BCUT2D eigenvalue weighted by molar-refractivity contribution is 6.32. The summed E-state index contributed by atoms with van der Waals surface area (Å²) < 4.78 is 10.7. The first-order chi connectivity index (χ1) is 10.2. The van der Waals surface area contributed by atoms with Gasteiger partial charge in [-0.05, 0) is 42.3 Å². The second-order valence-electron chi connectivity index (χ2n) is 5.04. The molecule has 0 amide bonds. The molecule has 0 saturated carbocycles. The summed E-state index contributed by atoms with van der Waals surface area (Å²) in [6.07, 6.45) is 0. The third-order valence-corrected chi connectivity index (χ3v) is 3.73. The van der Waals surface area contributed by atoms with Crippen LogP contribution < -0.4 is 20.5 Å². The van der Waals surface area contributed by atoms with Gasteiger partial charge >= 0.3 is 0 Å². The molecule has 1 unspecified atom stereocenters. The lowest BCUT2D eigenvalue weighted by Crippen LogP contribution is -2.20. The van der Waals surface area contributed by atoms with E-state index in [2.05, 4.69) is 24.4 Å². The van der Waals surface area contributed by atoms with Gasteiger partial charge in [0, 0.05) is 12.2 Å². The van der Waals surface area contributed by atoms with E-state index in [0.29, 0.717) is 23.1 Å². The number of benzene rings is 2. The Kier molecular flexibility index (Phi) is 3.90. The van der Waals surface area contributed by atoms with Crippen molar-refractivity contribution in [3.8, 4) is 11.5 Å². The summed E-state index contributed by atoms with van der Waals surface area (Å²) in [7, 11) is 0. The van der Waals surface area contributed by atoms with Gasteiger partial charge in [0.15, 0.2) is 11.5 Å². The fourth-order valence-electron chi connectivity index (χ4n) is 2.40. The van der Waals surface area contributed by atoms with Crippen molar-refractivity contribution in [3.63, 3.8) is 0 Å². The number of hydrogen-bond donors (Lipinski definition) is 2. The van der Waals surface area contributed by atoms with Crippen molar-refractivity contribution in [2.75, 3.05) is 18.7 Å². The van der Waals surface area contributed by atoms with Crippen molar-refractivity contribution in [3.05, 3.63) is 52.5 Å². The number of ether oxygens (including phenoxy) is 2. The highest BCUT2D eigenvalue weighted by atomic mass is 35.5. The zero-order valence-corrected chi connectivity index (χ0v) is 12.5. The highest BCUT2D eigenvalue weighted by Gasteiger charge is 2.21. The Morgan fingerprint density at radius 3 is 2.90 bits per heavy atom. The Hall–Kier alpha value is -1.91. The van der Waals surface area contributed by atoms with Crippen LogP contribution in [0, 0.1) is 6.92 Å². The predicted octanol–water partition coefficient (Wildman–Crippen LogP) is 3.49. The van der Waals surface area contributed by atoms with Gasteiger partial charge in [0.25, 0.3) is 0 Å². The minimum Gasteiger partial charge on any atom is -0.454 e. The molecule has 2 aromatic rings. The topological polar surface area (TPSA) is 56.5 Å². The molecular weight excluding hydrogens is 288 g/mol. The number of nitrogens with one attached hydrogen (secondary N) is 1. The summed E-state index contributed by atoms with van der Waals surface area (Å²) in [5.74, 6) is 1.27. The maximum absolute atomic E-state index is 6.23.